The third-order valence-corrected chi connectivity index (χ3v) is 3.99. The first-order chi connectivity index (χ1) is 11.0. The largest absolute Gasteiger partial charge is 0.381 e. The fourth-order valence-corrected chi connectivity index (χ4v) is 2.34. The maximum absolute atomic E-state index is 12.2. The van der Waals surface area contributed by atoms with Crippen LogP contribution in [0.2, 0.25) is 0 Å². The Labute approximate surface area is 148 Å². The first kappa shape index (κ1) is 20.4. The maximum atomic E-state index is 12.2. The lowest BCUT2D eigenvalue weighted by molar-refractivity contribution is -0.118. The molecule has 1 aromatic rings. The fourth-order valence-electron chi connectivity index (χ4n) is 2.34. The standard InChI is InChI=1S/C17H25N3O3.ClH/c1-11(2)15(18)17(22)20-13-5-3-12(4-6-13)16(21)19-14-7-9-23-10-8-14;/h3-6,11,14-15H,7-10,18H2,1-2H3,(H,19,21)(H,20,22);1H/t15-;/m0./s1. The lowest BCUT2D eigenvalue weighted by Crippen LogP contribution is -2.39. The van der Waals surface area contributed by atoms with Gasteiger partial charge < -0.3 is 21.1 Å². The Bertz CT molecular complexity index is 543. The van der Waals surface area contributed by atoms with Crippen LogP contribution < -0.4 is 16.4 Å². The van der Waals surface area contributed by atoms with Crippen LogP contribution in [-0.4, -0.2) is 37.1 Å². The van der Waals surface area contributed by atoms with Crippen molar-refractivity contribution in [2.24, 2.45) is 11.7 Å². The van der Waals surface area contributed by atoms with Gasteiger partial charge in [-0.05, 0) is 43.0 Å². The number of benzene rings is 1. The van der Waals surface area contributed by atoms with Crippen LogP contribution >= 0.6 is 12.4 Å². The van der Waals surface area contributed by atoms with Crippen molar-refractivity contribution in [2.75, 3.05) is 18.5 Å². The maximum Gasteiger partial charge on any atom is 0.251 e. The zero-order valence-electron chi connectivity index (χ0n) is 14.1. The molecule has 1 atom stereocenters. The SMILES string of the molecule is CC(C)[C@H](N)C(=O)Nc1ccc(C(=O)NC2CCOCC2)cc1.Cl. The summed E-state index contributed by atoms with van der Waals surface area (Å²) in [5.74, 6) is -0.257. The number of hydrogen-bond acceptors (Lipinski definition) is 4. The summed E-state index contributed by atoms with van der Waals surface area (Å²) >= 11 is 0. The van der Waals surface area contributed by atoms with Crippen LogP contribution in [-0.2, 0) is 9.53 Å². The van der Waals surface area contributed by atoms with Gasteiger partial charge in [0.15, 0.2) is 0 Å². The molecule has 0 aromatic heterocycles. The van der Waals surface area contributed by atoms with Crippen LogP contribution in [0.1, 0.15) is 37.0 Å². The van der Waals surface area contributed by atoms with E-state index in [0.29, 0.717) is 24.5 Å². The van der Waals surface area contributed by atoms with Gasteiger partial charge in [0.25, 0.3) is 5.91 Å². The molecule has 1 fully saturated rings. The smallest absolute Gasteiger partial charge is 0.251 e. The van der Waals surface area contributed by atoms with Gasteiger partial charge in [-0.1, -0.05) is 13.8 Å². The zero-order valence-corrected chi connectivity index (χ0v) is 14.9. The molecule has 6 nitrogen and oxygen atoms in total. The molecule has 1 aliphatic heterocycles. The quantitative estimate of drug-likeness (QED) is 0.752. The summed E-state index contributed by atoms with van der Waals surface area (Å²) in [7, 11) is 0. The lowest BCUT2D eigenvalue weighted by atomic mass is 10.0. The Morgan fingerprint density at radius 1 is 1.17 bits per heavy atom. The van der Waals surface area contributed by atoms with E-state index in [-0.39, 0.29) is 36.2 Å². The predicted molar refractivity (Wildman–Crippen MR) is 96.4 cm³/mol. The number of nitrogens with one attached hydrogen (secondary N) is 2. The Kier molecular flexibility index (Phi) is 8.18. The summed E-state index contributed by atoms with van der Waals surface area (Å²) in [6.45, 7) is 5.17. The molecular formula is C17H26ClN3O3. The highest BCUT2D eigenvalue weighted by Crippen LogP contribution is 2.12. The van der Waals surface area contributed by atoms with E-state index in [1.54, 1.807) is 24.3 Å². The highest BCUT2D eigenvalue weighted by molar-refractivity contribution is 5.97. The van der Waals surface area contributed by atoms with Gasteiger partial charge in [0, 0.05) is 30.5 Å². The summed E-state index contributed by atoms with van der Waals surface area (Å²) in [4.78, 5) is 24.1. The van der Waals surface area contributed by atoms with Gasteiger partial charge >= 0.3 is 0 Å². The summed E-state index contributed by atoms with van der Waals surface area (Å²) in [5, 5.41) is 5.76. The molecule has 2 amide bonds. The van der Waals surface area contributed by atoms with E-state index in [0.717, 1.165) is 12.8 Å². The Morgan fingerprint density at radius 2 is 1.75 bits per heavy atom. The predicted octanol–water partition coefficient (Wildman–Crippen LogP) is 1.94. The number of ether oxygens (including phenoxy) is 1. The van der Waals surface area contributed by atoms with E-state index in [1.807, 2.05) is 13.8 Å². The minimum atomic E-state index is -0.550. The van der Waals surface area contributed by atoms with Crippen molar-refractivity contribution < 1.29 is 14.3 Å². The van der Waals surface area contributed by atoms with E-state index in [1.165, 1.54) is 0 Å². The molecule has 0 unspecified atom stereocenters. The van der Waals surface area contributed by atoms with Crippen molar-refractivity contribution in [2.45, 2.75) is 38.8 Å². The van der Waals surface area contributed by atoms with Crippen LogP contribution in [0.3, 0.4) is 0 Å². The molecule has 0 saturated carbocycles. The molecule has 1 saturated heterocycles. The van der Waals surface area contributed by atoms with Gasteiger partial charge in [-0.3, -0.25) is 9.59 Å². The van der Waals surface area contributed by atoms with Gasteiger partial charge in [0.05, 0.1) is 6.04 Å². The molecule has 2 rings (SSSR count). The number of halogens is 1. The van der Waals surface area contributed by atoms with Crippen molar-refractivity contribution in [1.82, 2.24) is 5.32 Å². The number of hydrogen-bond donors (Lipinski definition) is 3. The summed E-state index contributed by atoms with van der Waals surface area (Å²) in [5.41, 5.74) is 7.01. The molecule has 134 valence electrons. The van der Waals surface area contributed by atoms with Crippen molar-refractivity contribution in [3.63, 3.8) is 0 Å². The summed E-state index contributed by atoms with van der Waals surface area (Å²) < 4.78 is 5.27. The first-order valence-electron chi connectivity index (χ1n) is 8.02. The van der Waals surface area contributed by atoms with Crippen LogP contribution in [0.15, 0.2) is 24.3 Å². The first-order valence-corrected chi connectivity index (χ1v) is 8.02. The molecule has 1 aromatic carbocycles. The average Bonchev–Trinajstić information content (AvgIpc) is 2.55. The summed E-state index contributed by atoms with van der Waals surface area (Å²) in [6, 6.07) is 6.44. The van der Waals surface area contributed by atoms with Crippen LogP contribution in [0.4, 0.5) is 5.69 Å². The lowest BCUT2D eigenvalue weighted by Gasteiger charge is -2.23. The molecule has 1 heterocycles. The minimum Gasteiger partial charge on any atom is -0.381 e. The number of carbonyl (C=O) groups is 2. The molecule has 0 bridgehead atoms. The average molecular weight is 356 g/mol. The number of amides is 2. The van der Waals surface area contributed by atoms with Crippen molar-refractivity contribution >= 4 is 29.9 Å². The van der Waals surface area contributed by atoms with E-state index in [9.17, 15) is 9.59 Å². The Hall–Kier alpha value is -1.63. The van der Waals surface area contributed by atoms with Crippen LogP contribution in [0, 0.1) is 5.92 Å². The molecule has 0 radical (unpaired) electrons. The van der Waals surface area contributed by atoms with E-state index in [4.69, 9.17) is 10.5 Å². The second-order valence-corrected chi connectivity index (χ2v) is 6.20. The van der Waals surface area contributed by atoms with Crippen molar-refractivity contribution in [1.29, 1.82) is 0 Å². The van der Waals surface area contributed by atoms with Crippen LogP contribution in [0.25, 0.3) is 0 Å². The van der Waals surface area contributed by atoms with E-state index >= 15 is 0 Å². The third-order valence-electron chi connectivity index (χ3n) is 3.99. The molecule has 0 aliphatic carbocycles. The second kappa shape index (κ2) is 9.61. The van der Waals surface area contributed by atoms with Crippen molar-refractivity contribution in [3.05, 3.63) is 29.8 Å². The Morgan fingerprint density at radius 3 is 2.29 bits per heavy atom. The van der Waals surface area contributed by atoms with Gasteiger partial charge in [0.1, 0.15) is 0 Å². The number of nitrogens with two attached hydrogens (primary N) is 1. The highest BCUT2D eigenvalue weighted by atomic mass is 35.5. The molecule has 4 N–H and O–H groups in total. The normalized spacial score (nSPS) is 16.2. The molecule has 1 aliphatic rings. The monoisotopic (exact) mass is 355 g/mol. The highest BCUT2D eigenvalue weighted by Gasteiger charge is 2.18. The molecular weight excluding hydrogens is 330 g/mol. The van der Waals surface area contributed by atoms with Crippen LogP contribution in [0.5, 0.6) is 0 Å². The molecule has 24 heavy (non-hydrogen) atoms. The number of anilines is 1. The summed E-state index contributed by atoms with van der Waals surface area (Å²) in [6.07, 6.45) is 1.68. The van der Waals surface area contributed by atoms with Gasteiger partial charge in [-0.15, -0.1) is 12.4 Å². The van der Waals surface area contributed by atoms with Gasteiger partial charge in [-0.2, -0.15) is 0 Å². The van der Waals surface area contributed by atoms with Gasteiger partial charge in [-0.25, -0.2) is 0 Å². The molecule has 0 spiro atoms. The second-order valence-electron chi connectivity index (χ2n) is 6.20. The Balaban J connectivity index is 0.00000288. The number of rotatable bonds is 5. The fraction of sp³-hybridized carbons (Fsp3) is 0.529. The van der Waals surface area contributed by atoms with E-state index < -0.39 is 6.04 Å². The van der Waals surface area contributed by atoms with Crippen molar-refractivity contribution in [3.8, 4) is 0 Å². The van der Waals surface area contributed by atoms with Gasteiger partial charge in [0.2, 0.25) is 5.91 Å². The minimum absolute atomic E-state index is 0. The number of carbonyl (C=O) groups excluding carboxylic acids is 2. The third kappa shape index (κ3) is 5.78. The molecule has 7 heteroatoms. The van der Waals surface area contributed by atoms with E-state index in [2.05, 4.69) is 10.6 Å². The topological polar surface area (TPSA) is 93.5 Å². The zero-order chi connectivity index (χ0) is 16.8.